The Bertz CT molecular complexity index is 106. The van der Waals surface area contributed by atoms with E-state index in [9.17, 15) is 0 Å². The molecule has 2 heteroatoms. The topological polar surface area (TPSA) is 29.5 Å². The van der Waals surface area contributed by atoms with E-state index >= 15 is 0 Å². The summed E-state index contributed by atoms with van der Waals surface area (Å²) >= 11 is 0. The Balaban J connectivity index is 2.42. The van der Waals surface area contributed by atoms with Crippen LogP contribution in [0.2, 0.25) is 0 Å². The van der Waals surface area contributed by atoms with Gasteiger partial charge in [-0.25, -0.2) is 0 Å². The summed E-state index contributed by atoms with van der Waals surface area (Å²) in [6, 6.07) is 0. The van der Waals surface area contributed by atoms with Gasteiger partial charge in [0.1, 0.15) is 0 Å². The molecule has 0 saturated carbocycles. The highest BCUT2D eigenvalue weighted by atomic mass is 16.5. The maximum atomic E-state index is 8.76. The fourth-order valence-corrected chi connectivity index (χ4v) is 1.35. The zero-order valence-corrected chi connectivity index (χ0v) is 6.76. The van der Waals surface area contributed by atoms with Crippen LogP contribution in [0.15, 0.2) is 0 Å². The molecule has 1 fully saturated rings. The third-order valence-corrected chi connectivity index (χ3v) is 2.61. The van der Waals surface area contributed by atoms with Crippen LogP contribution in [0.25, 0.3) is 0 Å². The van der Waals surface area contributed by atoms with Crippen molar-refractivity contribution in [2.45, 2.75) is 20.3 Å². The predicted molar refractivity (Wildman–Crippen MR) is 39.8 cm³/mol. The number of aliphatic hydroxyl groups is 1. The maximum Gasteiger partial charge on any atom is 0.0548 e. The molecule has 0 aromatic rings. The second-order valence-corrected chi connectivity index (χ2v) is 3.48. The van der Waals surface area contributed by atoms with Gasteiger partial charge in [0, 0.05) is 12.0 Å². The first-order valence-electron chi connectivity index (χ1n) is 3.90. The minimum Gasteiger partial charge on any atom is -0.396 e. The molecule has 1 aliphatic rings. The van der Waals surface area contributed by atoms with Crippen molar-refractivity contribution in [2.75, 3.05) is 19.8 Å². The van der Waals surface area contributed by atoms with Crippen LogP contribution in [0.3, 0.4) is 0 Å². The van der Waals surface area contributed by atoms with Crippen molar-refractivity contribution < 1.29 is 9.84 Å². The highest BCUT2D eigenvalue weighted by molar-refractivity contribution is 4.87. The summed E-state index contributed by atoms with van der Waals surface area (Å²) in [6.07, 6.45) is 0.894. The van der Waals surface area contributed by atoms with E-state index in [2.05, 4.69) is 13.8 Å². The summed E-state index contributed by atoms with van der Waals surface area (Å²) in [6.45, 7) is 6.36. The van der Waals surface area contributed by atoms with Gasteiger partial charge in [-0.1, -0.05) is 13.8 Å². The lowest BCUT2D eigenvalue weighted by molar-refractivity contribution is -0.147. The van der Waals surface area contributed by atoms with Gasteiger partial charge in [-0.2, -0.15) is 0 Å². The van der Waals surface area contributed by atoms with Crippen LogP contribution in [0.4, 0.5) is 0 Å². The zero-order valence-electron chi connectivity index (χ0n) is 6.76. The van der Waals surface area contributed by atoms with Crippen LogP contribution in [0.5, 0.6) is 0 Å². The van der Waals surface area contributed by atoms with Crippen molar-refractivity contribution >= 4 is 0 Å². The quantitative estimate of drug-likeness (QED) is 0.641. The van der Waals surface area contributed by atoms with Gasteiger partial charge in [0.05, 0.1) is 13.2 Å². The van der Waals surface area contributed by atoms with E-state index in [1.54, 1.807) is 0 Å². The van der Waals surface area contributed by atoms with Gasteiger partial charge in [0.15, 0.2) is 0 Å². The molecule has 0 aromatic heterocycles. The zero-order chi connectivity index (χ0) is 7.61. The lowest BCUT2D eigenvalue weighted by Crippen LogP contribution is -2.47. The molecule has 1 N–H and O–H groups in total. The van der Waals surface area contributed by atoms with Gasteiger partial charge in [-0.3, -0.25) is 0 Å². The minimum absolute atomic E-state index is 0.293. The van der Waals surface area contributed by atoms with E-state index in [1.165, 1.54) is 0 Å². The van der Waals surface area contributed by atoms with Gasteiger partial charge in [-0.15, -0.1) is 0 Å². The number of rotatable bonds is 3. The Morgan fingerprint density at radius 2 is 2.10 bits per heavy atom. The van der Waals surface area contributed by atoms with Crippen molar-refractivity contribution in [2.24, 2.45) is 11.3 Å². The van der Waals surface area contributed by atoms with E-state index in [-0.39, 0.29) is 0 Å². The lowest BCUT2D eigenvalue weighted by Gasteiger charge is -2.44. The molecule has 1 heterocycles. The fourth-order valence-electron chi connectivity index (χ4n) is 1.35. The molecule has 0 aromatic carbocycles. The molecular weight excluding hydrogens is 128 g/mol. The molecule has 0 unspecified atom stereocenters. The van der Waals surface area contributed by atoms with Crippen LogP contribution in [-0.4, -0.2) is 24.9 Å². The Hall–Kier alpha value is -0.0800. The normalized spacial score (nSPS) is 22.8. The highest BCUT2D eigenvalue weighted by Crippen LogP contribution is 2.38. The van der Waals surface area contributed by atoms with Gasteiger partial charge in [-0.05, 0) is 12.3 Å². The number of ether oxygens (including phenoxy) is 1. The molecule has 0 bridgehead atoms. The summed E-state index contributed by atoms with van der Waals surface area (Å²) in [5.41, 5.74) is 0.300. The van der Waals surface area contributed by atoms with E-state index in [1.807, 2.05) is 0 Å². The van der Waals surface area contributed by atoms with Crippen molar-refractivity contribution in [1.29, 1.82) is 0 Å². The number of hydrogen-bond acceptors (Lipinski definition) is 2. The monoisotopic (exact) mass is 144 g/mol. The van der Waals surface area contributed by atoms with E-state index < -0.39 is 0 Å². The molecular formula is C8H16O2. The predicted octanol–water partition coefficient (Wildman–Crippen LogP) is 1.04. The van der Waals surface area contributed by atoms with Gasteiger partial charge >= 0.3 is 0 Å². The summed E-state index contributed by atoms with van der Waals surface area (Å²) in [4.78, 5) is 0. The largest absolute Gasteiger partial charge is 0.396 e. The summed E-state index contributed by atoms with van der Waals surface area (Å²) in [7, 11) is 0. The molecule has 0 amide bonds. The summed E-state index contributed by atoms with van der Waals surface area (Å²) < 4.78 is 5.14. The van der Waals surface area contributed by atoms with Crippen molar-refractivity contribution in [3.63, 3.8) is 0 Å². The number of hydrogen-bond donors (Lipinski definition) is 1. The van der Waals surface area contributed by atoms with E-state index in [0.29, 0.717) is 17.9 Å². The molecule has 0 spiro atoms. The SMILES string of the molecule is CC(C)C1(CCO)COC1. The van der Waals surface area contributed by atoms with Crippen LogP contribution < -0.4 is 0 Å². The lowest BCUT2D eigenvalue weighted by atomic mass is 9.73. The Kier molecular flexibility index (Phi) is 2.32. The standard InChI is InChI=1S/C8H16O2/c1-7(2)8(3-4-9)5-10-6-8/h7,9H,3-6H2,1-2H3. The third kappa shape index (κ3) is 1.18. The second-order valence-electron chi connectivity index (χ2n) is 3.48. The Morgan fingerprint density at radius 3 is 2.20 bits per heavy atom. The van der Waals surface area contributed by atoms with Crippen molar-refractivity contribution in [3.05, 3.63) is 0 Å². The Morgan fingerprint density at radius 1 is 1.50 bits per heavy atom. The Labute approximate surface area is 62.2 Å². The first-order chi connectivity index (χ1) is 4.71. The molecule has 1 rings (SSSR count). The second kappa shape index (κ2) is 2.89. The summed E-state index contributed by atoms with van der Waals surface area (Å²) in [5.74, 6) is 0.633. The first-order valence-corrected chi connectivity index (χ1v) is 3.90. The fraction of sp³-hybridized carbons (Fsp3) is 1.00. The maximum absolute atomic E-state index is 8.76. The smallest absolute Gasteiger partial charge is 0.0548 e. The molecule has 1 aliphatic heterocycles. The molecule has 2 nitrogen and oxygen atoms in total. The highest BCUT2D eigenvalue weighted by Gasteiger charge is 2.40. The van der Waals surface area contributed by atoms with Crippen LogP contribution >= 0.6 is 0 Å². The van der Waals surface area contributed by atoms with E-state index in [0.717, 1.165) is 19.6 Å². The van der Waals surface area contributed by atoms with Crippen LogP contribution in [0.1, 0.15) is 20.3 Å². The van der Waals surface area contributed by atoms with Gasteiger partial charge < -0.3 is 9.84 Å². The molecule has 1 saturated heterocycles. The van der Waals surface area contributed by atoms with Gasteiger partial charge in [0.25, 0.3) is 0 Å². The molecule has 0 atom stereocenters. The molecule has 0 aliphatic carbocycles. The average molecular weight is 144 g/mol. The number of aliphatic hydroxyl groups excluding tert-OH is 1. The average Bonchev–Trinajstić information content (AvgIpc) is 1.77. The molecule has 0 radical (unpaired) electrons. The van der Waals surface area contributed by atoms with Crippen molar-refractivity contribution in [3.8, 4) is 0 Å². The molecule has 60 valence electrons. The van der Waals surface area contributed by atoms with Crippen LogP contribution in [-0.2, 0) is 4.74 Å². The molecule has 10 heavy (non-hydrogen) atoms. The first kappa shape index (κ1) is 8.02. The van der Waals surface area contributed by atoms with Crippen molar-refractivity contribution in [1.82, 2.24) is 0 Å². The third-order valence-electron chi connectivity index (χ3n) is 2.61. The van der Waals surface area contributed by atoms with Gasteiger partial charge in [0.2, 0.25) is 0 Å². The minimum atomic E-state index is 0.293. The van der Waals surface area contributed by atoms with E-state index in [4.69, 9.17) is 9.84 Å². The summed E-state index contributed by atoms with van der Waals surface area (Å²) in [5, 5.41) is 8.76. The van der Waals surface area contributed by atoms with Crippen LogP contribution in [0, 0.1) is 11.3 Å².